The van der Waals surface area contributed by atoms with Crippen molar-refractivity contribution >= 4 is 17.6 Å². The van der Waals surface area contributed by atoms with Gasteiger partial charge in [0, 0.05) is 23.6 Å². The Bertz CT molecular complexity index is 1140. The van der Waals surface area contributed by atoms with Crippen molar-refractivity contribution in [1.82, 2.24) is 14.7 Å². The third kappa shape index (κ3) is 6.34. The Morgan fingerprint density at radius 3 is 2.06 bits per heavy atom. The minimum atomic E-state index is -0.255. The Balaban J connectivity index is 1.86. The zero-order chi connectivity index (χ0) is 25.0. The lowest BCUT2D eigenvalue weighted by molar-refractivity contribution is -0.117. The molecule has 0 saturated carbocycles. The number of nitrogens with one attached hydrogen (secondary N) is 1. The minimum absolute atomic E-state index is 0.0329. The molecule has 0 radical (unpaired) electrons. The smallest absolute Gasteiger partial charge is 0.254 e. The summed E-state index contributed by atoms with van der Waals surface area (Å²) in [6.45, 7) is 14.8. The van der Waals surface area contributed by atoms with E-state index in [0.29, 0.717) is 17.9 Å². The highest BCUT2D eigenvalue weighted by atomic mass is 16.2. The molecule has 34 heavy (non-hydrogen) atoms. The number of hydrogen-bond donors (Lipinski definition) is 1. The molecule has 0 aliphatic carbocycles. The van der Waals surface area contributed by atoms with E-state index in [9.17, 15) is 9.59 Å². The van der Waals surface area contributed by atoms with Crippen LogP contribution in [0.1, 0.15) is 61.8 Å². The van der Waals surface area contributed by atoms with Gasteiger partial charge in [0.15, 0.2) is 0 Å². The molecule has 0 bridgehead atoms. The molecular formula is C28H36N4O2. The number of aromatic nitrogens is 2. The Hall–Kier alpha value is -3.41. The van der Waals surface area contributed by atoms with E-state index in [4.69, 9.17) is 5.10 Å². The van der Waals surface area contributed by atoms with Gasteiger partial charge in [-0.05, 0) is 44.0 Å². The number of benzene rings is 2. The average molecular weight is 461 g/mol. The van der Waals surface area contributed by atoms with Crippen LogP contribution < -0.4 is 5.32 Å². The minimum Gasteiger partial charge on any atom is -0.329 e. The van der Waals surface area contributed by atoms with Gasteiger partial charge < -0.3 is 10.2 Å². The monoisotopic (exact) mass is 460 g/mol. The first-order chi connectivity index (χ1) is 15.9. The summed E-state index contributed by atoms with van der Waals surface area (Å²) in [7, 11) is 0. The second-order valence-electron chi connectivity index (χ2n) is 10.4. The van der Waals surface area contributed by atoms with Crippen LogP contribution in [0.4, 0.5) is 5.82 Å². The number of hydrogen-bond acceptors (Lipinski definition) is 3. The van der Waals surface area contributed by atoms with Gasteiger partial charge in [0.2, 0.25) is 5.91 Å². The molecule has 0 atom stereocenters. The first-order valence-electron chi connectivity index (χ1n) is 11.8. The molecular weight excluding hydrogens is 424 g/mol. The Morgan fingerprint density at radius 2 is 1.53 bits per heavy atom. The third-order valence-electron chi connectivity index (χ3n) is 5.53. The van der Waals surface area contributed by atoms with E-state index in [-0.39, 0.29) is 29.7 Å². The zero-order valence-corrected chi connectivity index (χ0v) is 21.3. The molecule has 2 aromatic carbocycles. The normalized spacial score (nSPS) is 11.5. The van der Waals surface area contributed by atoms with Crippen LogP contribution in [0.2, 0.25) is 0 Å². The molecule has 0 spiro atoms. The molecule has 1 N–H and O–H groups in total. The molecule has 0 aliphatic heterocycles. The topological polar surface area (TPSA) is 67.2 Å². The number of amides is 2. The first kappa shape index (κ1) is 25.2. The molecule has 0 aliphatic rings. The van der Waals surface area contributed by atoms with Gasteiger partial charge in [0.05, 0.1) is 11.4 Å². The van der Waals surface area contributed by atoms with Crippen LogP contribution >= 0.6 is 0 Å². The maximum atomic E-state index is 13.2. The van der Waals surface area contributed by atoms with Crippen LogP contribution in [0, 0.1) is 19.8 Å². The molecule has 1 heterocycles. The lowest BCUT2D eigenvalue weighted by Crippen LogP contribution is -2.40. The van der Waals surface area contributed by atoms with E-state index in [1.165, 1.54) is 0 Å². The van der Waals surface area contributed by atoms with Crippen molar-refractivity contribution in [1.29, 1.82) is 0 Å². The standard InChI is InChI=1S/C28H36N4O2/c1-19(2)17-31(27(34)22-12-8-20(3)9-13-22)18-26(33)29-25-16-24(28(5,6)7)30-32(25)23-14-10-21(4)11-15-23/h8-16,19H,17-18H2,1-7H3,(H,29,33). The molecule has 0 fully saturated rings. The van der Waals surface area contributed by atoms with E-state index in [1.807, 2.05) is 82.3 Å². The maximum absolute atomic E-state index is 13.2. The quantitative estimate of drug-likeness (QED) is 0.505. The second-order valence-corrected chi connectivity index (χ2v) is 10.4. The summed E-state index contributed by atoms with van der Waals surface area (Å²) >= 11 is 0. The Labute approximate surface area is 203 Å². The second kappa shape index (κ2) is 10.2. The van der Waals surface area contributed by atoms with Gasteiger partial charge >= 0.3 is 0 Å². The van der Waals surface area contributed by atoms with Gasteiger partial charge in [0.25, 0.3) is 5.91 Å². The summed E-state index contributed by atoms with van der Waals surface area (Å²) in [6.07, 6.45) is 0. The summed E-state index contributed by atoms with van der Waals surface area (Å²) in [5.74, 6) is 0.417. The van der Waals surface area contributed by atoms with Gasteiger partial charge in [-0.1, -0.05) is 70.0 Å². The summed E-state index contributed by atoms with van der Waals surface area (Å²) in [6, 6.07) is 17.4. The van der Waals surface area contributed by atoms with E-state index in [0.717, 1.165) is 22.5 Å². The number of aryl methyl sites for hydroxylation is 2. The van der Waals surface area contributed by atoms with Crippen molar-refractivity contribution in [3.8, 4) is 5.69 Å². The SMILES string of the molecule is Cc1ccc(C(=O)N(CC(=O)Nc2cc(C(C)(C)C)nn2-c2ccc(C)cc2)CC(C)C)cc1. The van der Waals surface area contributed by atoms with Crippen molar-refractivity contribution in [2.75, 3.05) is 18.4 Å². The Morgan fingerprint density at radius 1 is 0.971 bits per heavy atom. The van der Waals surface area contributed by atoms with Gasteiger partial charge in [-0.15, -0.1) is 0 Å². The van der Waals surface area contributed by atoms with E-state index < -0.39 is 0 Å². The van der Waals surface area contributed by atoms with Crippen LogP contribution in [0.3, 0.4) is 0 Å². The van der Waals surface area contributed by atoms with Crippen LogP contribution in [0.15, 0.2) is 54.6 Å². The summed E-state index contributed by atoms with van der Waals surface area (Å²) in [4.78, 5) is 27.9. The van der Waals surface area contributed by atoms with Crippen molar-refractivity contribution in [2.45, 2.75) is 53.9 Å². The van der Waals surface area contributed by atoms with Crippen molar-refractivity contribution in [3.05, 3.63) is 77.0 Å². The van der Waals surface area contributed by atoms with Gasteiger partial charge in [-0.3, -0.25) is 9.59 Å². The molecule has 6 nitrogen and oxygen atoms in total. The number of carbonyl (C=O) groups excluding carboxylic acids is 2. The fraction of sp³-hybridized carbons (Fsp3) is 0.393. The van der Waals surface area contributed by atoms with Crippen LogP contribution in [-0.2, 0) is 10.2 Å². The zero-order valence-electron chi connectivity index (χ0n) is 21.3. The molecule has 1 aromatic heterocycles. The Kier molecular flexibility index (Phi) is 7.60. The number of rotatable bonds is 7. The fourth-order valence-electron chi connectivity index (χ4n) is 3.61. The largest absolute Gasteiger partial charge is 0.329 e. The van der Waals surface area contributed by atoms with Crippen LogP contribution in [0.5, 0.6) is 0 Å². The van der Waals surface area contributed by atoms with Gasteiger partial charge in [-0.25, -0.2) is 4.68 Å². The molecule has 0 unspecified atom stereocenters. The van der Waals surface area contributed by atoms with E-state index in [1.54, 1.807) is 9.58 Å². The van der Waals surface area contributed by atoms with Gasteiger partial charge in [-0.2, -0.15) is 5.10 Å². The number of anilines is 1. The summed E-state index contributed by atoms with van der Waals surface area (Å²) in [5.41, 5.74) is 4.38. The van der Waals surface area contributed by atoms with Crippen LogP contribution in [-0.4, -0.2) is 39.6 Å². The fourth-order valence-corrected chi connectivity index (χ4v) is 3.61. The number of nitrogens with zero attached hydrogens (tertiary/aromatic N) is 3. The molecule has 3 aromatic rings. The van der Waals surface area contributed by atoms with E-state index in [2.05, 4.69) is 26.1 Å². The molecule has 6 heteroatoms. The highest BCUT2D eigenvalue weighted by Crippen LogP contribution is 2.26. The van der Waals surface area contributed by atoms with Crippen molar-refractivity contribution in [2.24, 2.45) is 5.92 Å². The van der Waals surface area contributed by atoms with Gasteiger partial charge in [0.1, 0.15) is 12.4 Å². The highest BCUT2D eigenvalue weighted by molar-refractivity contribution is 5.99. The predicted molar refractivity (Wildman–Crippen MR) is 138 cm³/mol. The maximum Gasteiger partial charge on any atom is 0.254 e. The lowest BCUT2D eigenvalue weighted by Gasteiger charge is -2.24. The molecule has 0 saturated heterocycles. The lowest BCUT2D eigenvalue weighted by atomic mass is 9.92. The third-order valence-corrected chi connectivity index (χ3v) is 5.53. The average Bonchev–Trinajstić information content (AvgIpc) is 3.17. The predicted octanol–water partition coefficient (Wildman–Crippen LogP) is 5.52. The first-order valence-corrected chi connectivity index (χ1v) is 11.8. The van der Waals surface area contributed by atoms with Crippen LogP contribution in [0.25, 0.3) is 5.69 Å². The molecule has 2 amide bonds. The van der Waals surface area contributed by atoms with Crippen molar-refractivity contribution in [3.63, 3.8) is 0 Å². The molecule has 3 rings (SSSR count). The van der Waals surface area contributed by atoms with E-state index >= 15 is 0 Å². The highest BCUT2D eigenvalue weighted by Gasteiger charge is 2.24. The molecule has 180 valence electrons. The summed E-state index contributed by atoms with van der Waals surface area (Å²) < 4.78 is 1.76. The summed E-state index contributed by atoms with van der Waals surface area (Å²) in [5, 5.41) is 7.78. The number of carbonyl (C=O) groups is 2. The van der Waals surface area contributed by atoms with Crippen molar-refractivity contribution < 1.29 is 9.59 Å².